The van der Waals surface area contributed by atoms with Crippen LogP contribution in [0.15, 0.2) is 35.7 Å². The van der Waals surface area contributed by atoms with E-state index in [1.54, 1.807) is 30.5 Å². The fourth-order valence-corrected chi connectivity index (χ4v) is 5.18. The normalized spacial score (nSPS) is 17.4. The zero-order chi connectivity index (χ0) is 23.2. The van der Waals surface area contributed by atoms with E-state index in [1.807, 2.05) is 29.2 Å². The Kier molecular flexibility index (Phi) is 7.88. The molecule has 2 aromatic rings. The molecule has 8 heteroatoms. The largest absolute Gasteiger partial charge is 0.497 e. The maximum atomic E-state index is 13.5. The van der Waals surface area contributed by atoms with Crippen molar-refractivity contribution in [2.24, 2.45) is 5.92 Å². The SMILES string of the molecule is COCCCN(CC(=O)N1CCc2sccc2[C@H]1COc1cccc(OC)c1)C(=O)C1CC1. The Bertz CT molecular complexity index is 958. The van der Waals surface area contributed by atoms with E-state index < -0.39 is 0 Å². The highest BCUT2D eigenvalue weighted by Gasteiger charge is 2.37. The van der Waals surface area contributed by atoms with E-state index in [9.17, 15) is 9.59 Å². The number of hydrogen-bond acceptors (Lipinski definition) is 6. The van der Waals surface area contributed by atoms with Crippen LogP contribution >= 0.6 is 11.3 Å². The highest BCUT2D eigenvalue weighted by molar-refractivity contribution is 7.10. The number of amides is 2. The van der Waals surface area contributed by atoms with Crippen LogP contribution in [0.25, 0.3) is 0 Å². The van der Waals surface area contributed by atoms with Crippen LogP contribution in [-0.4, -0.2) is 68.7 Å². The molecule has 1 fully saturated rings. The molecule has 1 aromatic heterocycles. The summed E-state index contributed by atoms with van der Waals surface area (Å²) in [6.07, 6.45) is 3.40. The summed E-state index contributed by atoms with van der Waals surface area (Å²) in [5, 5.41) is 2.07. The lowest BCUT2D eigenvalue weighted by Gasteiger charge is -2.37. The van der Waals surface area contributed by atoms with Crippen LogP contribution < -0.4 is 9.47 Å². The molecule has 7 nitrogen and oxygen atoms in total. The Hall–Kier alpha value is -2.58. The van der Waals surface area contributed by atoms with Crippen molar-refractivity contribution in [2.45, 2.75) is 31.7 Å². The molecule has 0 radical (unpaired) electrons. The summed E-state index contributed by atoms with van der Waals surface area (Å²) in [7, 11) is 3.27. The van der Waals surface area contributed by atoms with Crippen molar-refractivity contribution in [3.63, 3.8) is 0 Å². The quantitative estimate of drug-likeness (QED) is 0.468. The van der Waals surface area contributed by atoms with Gasteiger partial charge in [-0.15, -0.1) is 11.3 Å². The van der Waals surface area contributed by atoms with Crippen molar-refractivity contribution in [1.82, 2.24) is 9.80 Å². The van der Waals surface area contributed by atoms with Gasteiger partial charge in [-0.2, -0.15) is 0 Å². The van der Waals surface area contributed by atoms with Crippen molar-refractivity contribution in [2.75, 3.05) is 47.1 Å². The lowest BCUT2D eigenvalue weighted by atomic mass is 10.0. The van der Waals surface area contributed by atoms with Crippen LogP contribution in [0.5, 0.6) is 11.5 Å². The number of hydrogen-bond donors (Lipinski definition) is 0. The van der Waals surface area contributed by atoms with Crippen molar-refractivity contribution in [1.29, 1.82) is 0 Å². The van der Waals surface area contributed by atoms with Crippen molar-refractivity contribution in [3.05, 3.63) is 46.2 Å². The maximum Gasteiger partial charge on any atom is 0.242 e. The van der Waals surface area contributed by atoms with Crippen LogP contribution in [0.2, 0.25) is 0 Å². The molecule has 33 heavy (non-hydrogen) atoms. The second-order valence-corrected chi connectivity index (χ2v) is 9.52. The summed E-state index contributed by atoms with van der Waals surface area (Å²) in [5.41, 5.74) is 1.14. The van der Waals surface area contributed by atoms with E-state index in [1.165, 1.54) is 4.88 Å². The Labute approximate surface area is 199 Å². The monoisotopic (exact) mass is 472 g/mol. The third-order valence-electron chi connectivity index (χ3n) is 6.21. The van der Waals surface area contributed by atoms with Gasteiger partial charge in [-0.25, -0.2) is 0 Å². The number of rotatable bonds is 11. The third kappa shape index (κ3) is 5.86. The van der Waals surface area contributed by atoms with Crippen LogP contribution in [-0.2, 0) is 20.7 Å². The standard InChI is InChI=1S/C25H32N2O5S/c1-30-13-4-11-26(25(29)18-7-8-18)16-24(28)27-12-9-23-21(10-14-33-23)22(27)17-32-20-6-3-5-19(15-20)31-2/h3,5-6,10,14-15,18,22H,4,7-9,11-13,16-17H2,1-2H3/t22-/m1/s1. The van der Waals surface area contributed by atoms with Gasteiger partial charge in [-0.05, 0) is 54.8 Å². The number of thiophene rings is 1. The van der Waals surface area contributed by atoms with E-state index >= 15 is 0 Å². The second-order valence-electron chi connectivity index (χ2n) is 8.52. The number of nitrogens with zero attached hydrogens (tertiary/aromatic N) is 2. The summed E-state index contributed by atoms with van der Waals surface area (Å²) in [5.74, 6) is 1.58. The molecular weight excluding hydrogens is 440 g/mol. The van der Waals surface area contributed by atoms with E-state index in [-0.39, 0.29) is 30.3 Å². The third-order valence-corrected chi connectivity index (χ3v) is 7.20. The van der Waals surface area contributed by atoms with Gasteiger partial charge in [-0.1, -0.05) is 6.07 Å². The van der Waals surface area contributed by atoms with Gasteiger partial charge in [0.15, 0.2) is 0 Å². The second kappa shape index (κ2) is 11.0. The molecule has 1 saturated carbocycles. The lowest BCUT2D eigenvalue weighted by Crippen LogP contribution is -2.48. The molecule has 0 spiro atoms. The molecule has 2 amide bonds. The van der Waals surface area contributed by atoms with Gasteiger partial charge < -0.3 is 24.0 Å². The van der Waals surface area contributed by atoms with Crippen LogP contribution in [0, 0.1) is 5.92 Å². The number of fused-ring (bicyclic) bond motifs is 1. The topological polar surface area (TPSA) is 68.3 Å². The molecule has 0 unspecified atom stereocenters. The highest BCUT2D eigenvalue weighted by atomic mass is 32.1. The number of methoxy groups -OCH3 is 2. The predicted octanol–water partition coefficient (Wildman–Crippen LogP) is 3.54. The lowest BCUT2D eigenvalue weighted by molar-refractivity contribution is -0.143. The minimum Gasteiger partial charge on any atom is -0.497 e. The van der Waals surface area contributed by atoms with Gasteiger partial charge in [0, 0.05) is 43.7 Å². The van der Waals surface area contributed by atoms with Gasteiger partial charge >= 0.3 is 0 Å². The molecule has 2 aliphatic rings. The van der Waals surface area contributed by atoms with Crippen LogP contribution in [0.1, 0.15) is 35.7 Å². The van der Waals surface area contributed by atoms with E-state index in [2.05, 4.69) is 11.4 Å². The first-order chi connectivity index (χ1) is 16.1. The van der Waals surface area contributed by atoms with Crippen LogP contribution in [0.3, 0.4) is 0 Å². The minimum absolute atomic E-state index is 0.0301. The fraction of sp³-hybridized carbons (Fsp3) is 0.520. The molecule has 1 aliphatic carbocycles. The number of benzene rings is 1. The fourth-order valence-electron chi connectivity index (χ4n) is 4.25. The Balaban J connectivity index is 1.47. The van der Waals surface area contributed by atoms with Gasteiger partial charge in [0.25, 0.3) is 0 Å². The number of carbonyl (C=O) groups excluding carboxylic acids is 2. The van der Waals surface area contributed by atoms with E-state index in [0.29, 0.717) is 32.1 Å². The summed E-state index contributed by atoms with van der Waals surface area (Å²) >= 11 is 1.72. The molecule has 0 saturated heterocycles. The highest BCUT2D eigenvalue weighted by Crippen LogP contribution is 2.35. The minimum atomic E-state index is -0.185. The summed E-state index contributed by atoms with van der Waals surface area (Å²) in [4.78, 5) is 31.2. The summed E-state index contributed by atoms with van der Waals surface area (Å²) < 4.78 is 16.5. The van der Waals surface area contributed by atoms with Gasteiger partial charge in [0.05, 0.1) is 19.7 Å². The van der Waals surface area contributed by atoms with Crippen molar-refractivity contribution < 1.29 is 23.8 Å². The maximum absolute atomic E-state index is 13.5. The molecule has 4 rings (SSSR count). The smallest absolute Gasteiger partial charge is 0.242 e. The molecule has 178 valence electrons. The van der Waals surface area contributed by atoms with Crippen molar-refractivity contribution >= 4 is 23.2 Å². The predicted molar refractivity (Wildman–Crippen MR) is 127 cm³/mol. The molecule has 1 atom stereocenters. The van der Waals surface area contributed by atoms with Crippen LogP contribution in [0.4, 0.5) is 0 Å². The molecule has 2 heterocycles. The molecule has 0 N–H and O–H groups in total. The Morgan fingerprint density at radius 2 is 2.00 bits per heavy atom. The average Bonchev–Trinajstić information content (AvgIpc) is 3.58. The van der Waals surface area contributed by atoms with E-state index in [0.717, 1.165) is 37.0 Å². The summed E-state index contributed by atoms with van der Waals surface area (Å²) in [6.45, 7) is 2.19. The Morgan fingerprint density at radius 3 is 2.76 bits per heavy atom. The van der Waals surface area contributed by atoms with Gasteiger partial charge in [0.1, 0.15) is 18.1 Å². The molecule has 1 aliphatic heterocycles. The zero-order valence-electron chi connectivity index (χ0n) is 19.3. The zero-order valence-corrected chi connectivity index (χ0v) is 20.1. The number of ether oxygens (including phenoxy) is 3. The first kappa shape index (κ1) is 23.6. The van der Waals surface area contributed by atoms with Crippen molar-refractivity contribution in [3.8, 4) is 11.5 Å². The first-order valence-electron chi connectivity index (χ1n) is 11.5. The van der Waals surface area contributed by atoms with E-state index in [4.69, 9.17) is 14.2 Å². The first-order valence-corrected chi connectivity index (χ1v) is 12.4. The molecule has 0 bridgehead atoms. The number of carbonyl (C=O) groups is 2. The Morgan fingerprint density at radius 1 is 1.18 bits per heavy atom. The average molecular weight is 473 g/mol. The van der Waals surface area contributed by atoms with Gasteiger partial charge in [-0.3, -0.25) is 9.59 Å². The molecule has 1 aromatic carbocycles. The molecular formula is C25H32N2O5S. The summed E-state index contributed by atoms with van der Waals surface area (Å²) in [6, 6.07) is 9.39. The van der Waals surface area contributed by atoms with Gasteiger partial charge in [0.2, 0.25) is 11.8 Å².